The van der Waals surface area contributed by atoms with Gasteiger partial charge in [0, 0.05) is 29.3 Å². The van der Waals surface area contributed by atoms with E-state index in [-0.39, 0.29) is 25.3 Å². The smallest absolute Gasteiger partial charge is 0.267 e. The van der Waals surface area contributed by atoms with Gasteiger partial charge in [0.2, 0.25) is 5.91 Å². The molecule has 0 aliphatic carbocycles. The maximum Gasteiger partial charge on any atom is 0.267 e. The van der Waals surface area contributed by atoms with E-state index in [1.807, 2.05) is 0 Å². The van der Waals surface area contributed by atoms with Gasteiger partial charge in [0.05, 0.1) is 13.0 Å². The van der Waals surface area contributed by atoms with Gasteiger partial charge in [0.25, 0.3) is 5.92 Å². The normalized spacial score (nSPS) is 18.4. The van der Waals surface area contributed by atoms with Crippen molar-refractivity contribution < 1.29 is 13.6 Å². The number of pyridine rings is 1. The van der Waals surface area contributed by atoms with Gasteiger partial charge in [-0.15, -0.1) is 0 Å². The predicted molar refractivity (Wildman–Crippen MR) is 61.8 cm³/mol. The molecule has 17 heavy (non-hydrogen) atoms. The Morgan fingerprint density at radius 3 is 2.82 bits per heavy atom. The van der Waals surface area contributed by atoms with Crippen LogP contribution in [0.2, 0.25) is 0 Å². The van der Waals surface area contributed by atoms with Crippen molar-refractivity contribution in [3.63, 3.8) is 0 Å². The van der Waals surface area contributed by atoms with Crippen molar-refractivity contribution in [1.29, 1.82) is 0 Å². The van der Waals surface area contributed by atoms with Crippen LogP contribution < -0.4 is 0 Å². The van der Waals surface area contributed by atoms with Crippen LogP contribution >= 0.6 is 15.9 Å². The first kappa shape index (κ1) is 12.4. The van der Waals surface area contributed by atoms with Crippen LogP contribution in [-0.4, -0.2) is 34.8 Å². The molecule has 0 atom stereocenters. The fourth-order valence-electron chi connectivity index (χ4n) is 1.73. The van der Waals surface area contributed by atoms with Gasteiger partial charge in [-0.2, -0.15) is 0 Å². The molecule has 6 heteroatoms. The minimum Gasteiger partial charge on any atom is -0.336 e. The van der Waals surface area contributed by atoms with E-state index in [2.05, 4.69) is 20.9 Å². The molecule has 1 aromatic rings. The molecule has 92 valence electrons. The Morgan fingerprint density at radius 2 is 2.29 bits per heavy atom. The van der Waals surface area contributed by atoms with Gasteiger partial charge in [-0.25, -0.2) is 8.78 Å². The van der Waals surface area contributed by atoms with Crippen molar-refractivity contribution in [2.24, 2.45) is 0 Å². The molecule has 1 aliphatic rings. The van der Waals surface area contributed by atoms with Crippen molar-refractivity contribution in [3.8, 4) is 0 Å². The van der Waals surface area contributed by atoms with Crippen LogP contribution in [0.1, 0.15) is 12.1 Å². The van der Waals surface area contributed by atoms with Crippen LogP contribution in [0.5, 0.6) is 0 Å². The molecule has 0 unspecified atom stereocenters. The molecule has 1 saturated heterocycles. The summed E-state index contributed by atoms with van der Waals surface area (Å²) in [5, 5.41) is 0. The van der Waals surface area contributed by atoms with Crippen molar-refractivity contribution in [2.75, 3.05) is 13.1 Å². The zero-order valence-corrected chi connectivity index (χ0v) is 10.6. The number of alkyl halides is 2. The van der Waals surface area contributed by atoms with Crippen molar-refractivity contribution >= 4 is 21.8 Å². The molecule has 0 aromatic carbocycles. The second kappa shape index (κ2) is 4.68. The molecule has 0 radical (unpaired) electrons. The van der Waals surface area contributed by atoms with Crippen LogP contribution in [0.25, 0.3) is 0 Å². The number of rotatable bonds is 2. The second-order valence-electron chi connectivity index (χ2n) is 4.07. The van der Waals surface area contributed by atoms with Gasteiger partial charge in [-0.3, -0.25) is 9.78 Å². The zero-order valence-electron chi connectivity index (χ0n) is 9.00. The average Bonchev–Trinajstić information content (AvgIpc) is 2.62. The molecule has 0 spiro atoms. The minimum absolute atomic E-state index is 0.0728. The van der Waals surface area contributed by atoms with Gasteiger partial charge in [-0.1, -0.05) is 0 Å². The maximum absolute atomic E-state index is 12.9. The third kappa shape index (κ3) is 3.21. The molecule has 1 fully saturated rings. The van der Waals surface area contributed by atoms with E-state index >= 15 is 0 Å². The molecule has 1 aromatic heterocycles. The molecule has 0 saturated carbocycles. The standard InChI is InChI=1S/C11H11BrF2N2O/c12-8-1-2-9(15-6-8)5-10(17)16-4-3-11(13,14)7-16/h1-2,6H,3-5,7H2. The van der Waals surface area contributed by atoms with Gasteiger partial charge in [0.15, 0.2) is 0 Å². The highest BCUT2D eigenvalue weighted by atomic mass is 79.9. The van der Waals surface area contributed by atoms with Crippen LogP contribution in [0.4, 0.5) is 8.78 Å². The lowest BCUT2D eigenvalue weighted by Crippen LogP contribution is -2.32. The van der Waals surface area contributed by atoms with E-state index in [1.54, 1.807) is 18.3 Å². The number of nitrogens with zero attached hydrogens (tertiary/aromatic N) is 2. The zero-order chi connectivity index (χ0) is 12.5. The second-order valence-corrected chi connectivity index (χ2v) is 4.98. The Bertz CT molecular complexity index is 422. The van der Waals surface area contributed by atoms with Gasteiger partial charge in [-0.05, 0) is 28.1 Å². The van der Waals surface area contributed by atoms with Crippen molar-refractivity contribution in [1.82, 2.24) is 9.88 Å². The quantitative estimate of drug-likeness (QED) is 0.839. The summed E-state index contributed by atoms with van der Waals surface area (Å²) < 4.78 is 26.7. The van der Waals surface area contributed by atoms with E-state index in [1.165, 1.54) is 4.90 Å². The van der Waals surface area contributed by atoms with Crippen LogP contribution in [0.3, 0.4) is 0 Å². The van der Waals surface area contributed by atoms with E-state index in [0.717, 1.165) is 4.47 Å². The molecule has 0 N–H and O–H groups in total. The number of carbonyl (C=O) groups excluding carboxylic acids is 1. The Hall–Kier alpha value is -1.04. The SMILES string of the molecule is O=C(Cc1ccc(Br)cn1)N1CCC(F)(F)C1. The molecule has 1 aliphatic heterocycles. The lowest BCUT2D eigenvalue weighted by molar-refractivity contribution is -0.131. The Kier molecular flexibility index (Phi) is 3.42. The summed E-state index contributed by atoms with van der Waals surface area (Å²) in [4.78, 5) is 17.0. The van der Waals surface area contributed by atoms with Crippen LogP contribution in [-0.2, 0) is 11.2 Å². The van der Waals surface area contributed by atoms with Crippen molar-refractivity contribution in [3.05, 3.63) is 28.5 Å². The highest BCUT2D eigenvalue weighted by Gasteiger charge is 2.40. The largest absolute Gasteiger partial charge is 0.336 e. The molecule has 2 heterocycles. The summed E-state index contributed by atoms with van der Waals surface area (Å²) in [6.07, 6.45) is 1.41. The van der Waals surface area contributed by atoms with Crippen molar-refractivity contribution in [2.45, 2.75) is 18.8 Å². The number of halogens is 3. The number of carbonyl (C=O) groups is 1. The lowest BCUT2D eigenvalue weighted by Gasteiger charge is -2.15. The fraction of sp³-hybridized carbons (Fsp3) is 0.455. The third-order valence-corrected chi connectivity index (χ3v) is 3.11. The summed E-state index contributed by atoms with van der Waals surface area (Å²) in [7, 11) is 0. The summed E-state index contributed by atoms with van der Waals surface area (Å²) in [6.45, 7) is -0.343. The summed E-state index contributed by atoms with van der Waals surface area (Å²) >= 11 is 3.24. The topological polar surface area (TPSA) is 33.2 Å². The number of likely N-dealkylation sites (tertiary alicyclic amines) is 1. The fourth-order valence-corrected chi connectivity index (χ4v) is 1.96. The molecule has 0 bridgehead atoms. The lowest BCUT2D eigenvalue weighted by atomic mass is 10.2. The summed E-state index contributed by atoms with van der Waals surface area (Å²) in [5.41, 5.74) is 0.591. The number of hydrogen-bond acceptors (Lipinski definition) is 2. The summed E-state index contributed by atoms with van der Waals surface area (Å²) in [5.74, 6) is -3.03. The highest BCUT2D eigenvalue weighted by Crippen LogP contribution is 2.27. The Morgan fingerprint density at radius 1 is 1.53 bits per heavy atom. The monoisotopic (exact) mass is 304 g/mol. The van der Waals surface area contributed by atoms with E-state index in [9.17, 15) is 13.6 Å². The predicted octanol–water partition coefficient (Wildman–Crippen LogP) is 2.25. The molecular formula is C11H11BrF2N2O. The molecule has 3 nitrogen and oxygen atoms in total. The molecule has 2 rings (SSSR count). The van der Waals surface area contributed by atoms with Gasteiger partial charge in [0.1, 0.15) is 0 Å². The molecule has 1 amide bonds. The molecular weight excluding hydrogens is 294 g/mol. The van der Waals surface area contributed by atoms with Gasteiger partial charge >= 0.3 is 0 Å². The average molecular weight is 305 g/mol. The highest BCUT2D eigenvalue weighted by molar-refractivity contribution is 9.10. The van der Waals surface area contributed by atoms with E-state index in [0.29, 0.717) is 5.69 Å². The van der Waals surface area contributed by atoms with E-state index in [4.69, 9.17) is 0 Å². The summed E-state index contributed by atoms with van der Waals surface area (Å²) in [6, 6.07) is 3.48. The van der Waals surface area contributed by atoms with Crippen LogP contribution in [0.15, 0.2) is 22.8 Å². The number of aromatic nitrogens is 1. The first-order valence-corrected chi connectivity index (χ1v) is 6.02. The maximum atomic E-state index is 12.9. The first-order valence-electron chi connectivity index (χ1n) is 5.22. The first-order chi connectivity index (χ1) is 7.96. The Balaban J connectivity index is 1.96. The number of hydrogen-bond donors (Lipinski definition) is 0. The van der Waals surface area contributed by atoms with Crippen LogP contribution in [0, 0.1) is 0 Å². The third-order valence-electron chi connectivity index (χ3n) is 2.64. The van der Waals surface area contributed by atoms with E-state index < -0.39 is 12.5 Å². The van der Waals surface area contributed by atoms with Gasteiger partial charge < -0.3 is 4.90 Å². The minimum atomic E-state index is -2.73. The number of amides is 1. The Labute approximate surface area is 106 Å².